The number of aryl methyl sites for hydroxylation is 1. The molecule has 2 atom stereocenters. The van der Waals surface area contributed by atoms with Crippen molar-refractivity contribution in [1.82, 2.24) is 10.6 Å². The standard InChI is InChI=1S/C45H53ClN4O2.C10H22/c1-5-8-9-12-33-13-10-14-38(30(33)4)39-15-11-16-41-40(39)19-20-43(41)52-45-25-44(51-29-32-21-31(26-47)22-37(23-32)48-7-3)34(24-42(45)46)27-49-36-18-17-35(6-2)50-28-36;1-9(2)7-5-6-8-10(3)4/h6,10-11,13-16,21-25,36,43,48-50H,5,7-9,12,17-20,27-29H2,1-4H3;9-10H,5-8H2,1-4H3/b35-6+;/t36?,43-;/m0./s1. The maximum absolute atomic E-state index is 9.66. The van der Waals surface area contributed by atoms with Gasteiger partial charge in [-0.05, 0) is 134 Å². The van der Waals surface area contributed by atoms with Crippen molar-refractivity contribution in [2.24, 2.45) is 11.8 Å². The number of ether oxygens (including phenoxy) is 2. The molecule has 0 amide bonds. The highest BCUT2D eigenvalue weighted by Gasteiger charge is 2.28. The highest BCUT2D eigenvalue weighted by atomic mass is 35.5. The number of hydrogen-bond donors (Lipinski definition) is 3. The van der Waals surface area contributed by atoms with Gasteiger partial charge >= 0.3 is 0 Å². The monoisotopic (exact) mass is 859 g/mol. The van der Waals surface area contributed by atoms with Gasteiger partial charge < -0.3 is 25.4 Å². The molecule has 3 N–H and O–H groups in total. The summed E-state index contributed by atoms with van der Waals surface area (Å²) in [6.45, 7) is 20.4. The number of allylic oxidation sites excluding steroid dienone is 2. The van der Waals surface area contributed by atoms with Crippen molar-refractivity contribution >= 4 is 17.3 Å². The highest BCUT2D eigenvalue weighted by molar-refractivity contribution is 6.32. The predicted octanol–water partition coefficient (Wildman–Crippen LogP) is 14.6. The Balaban J connectivity index is 0.000000646. The quantitative estimate of drug-likeness (QED) is 0.0769. The Bertz CT molecular complexity index is 2080. The van der Waals surface area contributed by atoms with Gasteiger partial charge in [0.2, 0.25) is 0 Å². The van der Waals surface area contributed by atoms with Gasteiger partial charge in [0, 0.05) is 48.7 Å². The van der Waals surface area contributed by atoms with Gasteiger partial charge in [-0.15, -0.1) is 0 Å². The highest BCUT2D eigenvalue weighted by Crippen LogP contribution is 2.44. The summed E-state index contributed by atoms with van der Waals surface area (Å²) < 4.78 is 13.4. The van der Waals surface area contributed by atoms with Crippen LogP contribution >= 0.6 is 11.6 Å². The Morgan fingerprint density at radius 2 is 1.63 bits per heavy atom. The molecule has 0 bridgehead atoms. The largest absolute Gasteiger partial charge is 0.488 e. The Morgan fingerprint density at radius 3 is 2.31 bits per heavy atom. The molecule has 1 fully saturated rings. The fraction of sp³-hybridized carbons (Fsp3) is 0.509. The van der Waals surface area contributed by atoms with Crippen LogP contribution in [-0.4, -0.2) is 19.1 Å². The molecular weight excluding hydrogens is 784 g/mol. The molecule has 0 aromatic heterocycles. The molecule has 6 nitrogen and oxygen atoms in total. The van der Waals surface area contributed by atoms with Gasteiger partial charge in [-0.3, -0.25) is 0 Å². The molecular formula is C55H75ClN4O2. The van der Waals surface area contributed by atoms with E-state index in [0.717, 1.165) is 79.6 Å². The number of rotatable bonds is 20. The number of nitrogens with zero attached hydrogens (tertiary/aromatic N) is 1. The minimum absolute atomic E-state index is 0.110. The lowest BCUT2D eigenvalue weighted by atomic mass is 9.90. The summed E-state index contributed by atoms with van der Waals surface area (Å²) in [6, 6.07) is 25.8. The second-order valence-electron chi connectivity index (χ2n) is 18.2. The van der Waals surface area contributed by atoms with E-state index in [1.165, 1.54) is 84.0 Å². The maximum Gasteiger partial charge on any atom is 0.142 e. The normalized spacial score (nSPS) is 16.4. The minimum atomic E-state index is -0.110. The zero-order valence-corrected chi connectivity index (χ0v) is 39.9. The minimum Gasteiger partial charge on any atom is -0.488 e. The van der Waals surface area contributed by atoms with Crippen LogP contribution < -0.4 is 25.4 Å². The van der Waals surface area contributed by atoms with Gasteiger partial charge in [-0.1, -0.05) is 127 Å². The Labute approximate surface area is 380 Å². The van der Waals surface area contributed by atoms with Crippen LogP contribution in [0.15, 0.2) is 78.5 Å². The average molecular weight is 860 g/mol. The molecule has 4 aromatic carbocycles. The van der Waals surface area contributed by atoms with Crippen molar-refractivity contribution in [2.45, 2.75) is 158 Å². The average Bonchev–Trinajstić information content (AvgIpc) is 3.68. The Morgan fingerprint density at radius 1 is 0.871 bits per heavy atom. The molecule has 7 heteroatoms. The van der Waals surface area contributed by atoms with Crippen LogP contribution in [0.25, 0.3) is 11.1 Å². The molecule has 334 valence electrons. The molecule has 1 aliphatic heterocycles. The molecule has 1 saturated heterocycles. The van der Waals surface area contributed by atoms with E-state index in [-0.39, 0.29) is 6.10 Å². The summed E-state index contributed by atoms with van der Waals surface area (Å²) in [4.78, 5) is 0. The first-order valence-electron chi connectivity index (χ1n) is 23.8. The van der Waals surface area contributed by atoms with E-state index < -0.39 is 0 Å². The van der Waals surface area contributed by atoms with Crippen LogP contribution in [0.3, 0.4) is 0 Å². The van der Waals surface area contributed by atoms with E-state index in [1.807, 2.05) is 37.3 Å². The zero-order chi connectivity index (χ0) is 44.4. The van der Waals surface area contributed by atoms with E-state index in [1.54, 1.807) is 0 Å². The van der Waals surface area contributed by atoms with Crippen molar-refractivity contribution in [1.29, 1.82) is 5.26 Å². The van der Waals surface area contributed by atoms with Gasteiger partial charge in [0.1, 0.15) is 24.2 Å². The van der Waals surface area contributed by atoms with Gasteiger partial charge in [0.25, 0.3) is 0 Å². The number of nitrogens with one attached hydrogen (secondary N) is 3. The molecule has 62 heavy (non-hydrogen) atoms. The summed E-state index contributed by atoms with van der Waals surface area (Å²) >= 11 is 7.02. The van der Waals surface area contributed by atoms with Crippen LogP contribution in [0.4, 0.5) is 5.69 Å². The van der Waals surface area contributed by atoms with Gasteiger partial charge in [-0.2, -0.15) is 5.26 Å². The van der Waals surface area contributed by atoms with E-state index in [9.17, 15) is 5.26 Å². The first-order chi connectivity index (χ1) is 30.0. The van der Waals surface area contributed by atoms with Crippen LogP contribution in [-0.2, 0) is 26.0 Å². The molecule has 1 heterocycles. The molecule has 0 spiro atoms. The van der Waals surface area contributed by atoms with Crippen molar-refractivity contribution in [3.05, 3.63) is 122 Å². The van der Waals surface area contributed by atoms with Gasteiger partial charge in [0.05, 0.1) is 16.7 Å². The molecule has 1 unspecified atom stereocenters. The topological polar surface area (TPSA) is 78.3 Å². The molecule has 0 saturated carbocycles. The van der Waals surface area contributed by atoms with Crippen LogP contribution in [0.1, 0.15) is 158 Å². The number of unbranched alkanes of at least 4 members (excludes halogenated alkanes) is 3. The zero-order valence-electron chi connectivity index (χ0n) is 39.2. The molecule has 6 rings (SSSR count). The summed E-state index contributed by atoms with van der Waals surface area (Å²) in [6.07, 6.45) is 16.5. The van der Waals surface area contributed by atoms with Crippen LogP contribution in [0.5, 0.6) is 11.5 Å². The molecule has 2 aliphatic rings. The fourth-order valence-corrected chi connectivity index (χ4v) is 8.99. The predicted molar refractivity (Wildman–Crippen MR) is 262 cm³/mol. The van der Waals surface area contributed by atoms with E-state index in [2.05, 4.69) is 113 Å². The lowest BCUT2D eigenvalue weighted by Crippen LogP contribution is -2.41. The van der Waals surface area contributed by atoms with E-state index in [4.69, 9.17) is 21.1 Å². The third kappa shape index (κ3) is 14.3. The second-order valence-corrected chi connectivity index (χ2v) is 18.6. The summed E-state index contributed by atoms with van der Waals surface area (Å²) in [7, 11) is 0. The molecule has 4 aromatic rings. The third-order valence-corrected chi connectivity index (χ3v) is 12.7. The summed E-state index contributed by atoms with van der Waals surface area (Å²) in [5, 5.41) is 20.8. The van der Waals surface area contributed by atoms with Crippen LogP contribution in [0, 0.1) is 30.1 Å². The van der Waals surface area contributed by atoms with Gasteiger partial charge in [0.15, 0.2) is 0 Å². The van der Waals surface area contributed by atoms with Crippen LogP contribution in [0.2, 0.25) is 5.02 Å². The Kier molecular flexibility index (Phi) is 19.6. The number of anilines is 1. The smallest absolute Gasteiger partial charge is 0.142 e. The number of piperidine rings is 1. The first kappa shape index (κ1) is 48.6. The van der Waals surface area contributed by atoms with Crippen molar-refractivity contribution in [3.8, 4) is 28.7 Å². The van der Waals surface area contributed by atoms with E-state index in [0.29, 0.717) is 35.5 Å². The van der Waals surface area contributed by atoms with E-state index >= 15 is 0 Å². The number of nitriles is 1. The summed E-state index contributed by atoms with van der Waals surface area (Å²) in [5.74, 6) is 3.13. The van der Waals surface area contributed by atoms with Crippen molar-refractivity contribution in [3.63, 3.8) is 0 Å². The third-order valence-electron chi connectivity index (χ3n) is 12.4. The fourth-order valence-electron chi connectivity index (χ4n) is 8.76. The lowest BCUT2D eigenvalue weighted by Gasteiger charge is -2.27. The number of fused-ring (bicyclic) bond motifs is 1. The van der Waals surface area contributed by atoms with Crippen molar-refractivity contribution in [2.75, 3.05) is 18.4 Å². The number of halogens is 1. The van der Waals surface area contributed by atoms with Crippen molar-refractivity contribution < 1.29 is 9.47 Å². The molecule has 0 radical (unpaired) electrons. The SMILES string of the molecule is C/C=C1\CCC(NCc2cc(Cl)c(O[C@H]3CCc4c(-c5cccc(CCCCC)c5C)cccc43)cc2OCc2cc(C#N)cc(NCC)c2)CN1.CC(C)CCCCC(C)C. The number of hydrogen-bond acceptors (Lipinski definition) is 6. The van der Waals surface area contributed by atoms with Gasteiger partial charge in [-0.25, -0.2) is 0 Å². The second kappa shape index (κ2) is 25.0. The number of benzene rings is 4. The summed E-state index contributed by atoms with van der Waals surface area (Å²) in [5.41, 5.74) is 12.8. The molecule has 1 aliphatic carbocycles. The first-order valence-corrected chi connectivity index (χ1v) is 24.1. The lowest BCUT2D eigenvalue weighted by molar-refractivity contribution is 0.206. The Hall–Kier alpha value is -4.44. The maximum atomic E-state index is 9.66.